The molecule has 1 aromatic carbocycles. The number of hydrogen-bond donors (Lipinski definition) is 1. The summed E-state index contributed by atoms with van der Waals surface area (Å²) in [5.41, 5.74) is 9.14. The molecule has 1 saturated carbocycles. The van der Waals surface area contributed by atoms with Crippen molar-refractivity contribution >= 4 is 11.1 Å². The molecule has 0 unspecified atom stereocenters. The first-order valence-corrected chi connectivity index (χ1v) is 6.87. The zero-order valence-electron chi connectivity index (χ0n) is 10.9. The third kappa shape index (κ3) is 1.74. The maximum atomic E-state index is 5.98. The topological polar surface area (TPSA) is 52.0 Å². The zero-order valence-corrected chi connectivity index (χ0v) is 10.9. The Morgan fingerprint density at radius 3 is 2.78 bits per heavy atom. The Morgan fingerprint density at radius 1 is 1.33 bits per heavy atom. The van der Waals surface area contributed by atoms with Gasteiger partial charge in [-0.2, -0.15) is 0 Å². The molecular formula is C15H20N2O. The average molecular weight is 244 g/mol. The van der Waals surface area contributed by atoms with Gasteiger partial charge in [0.25, 0.3) is 0 Å². The number of benzene rings is 1. The fourth-order valence-electron chi connectivity index (χ4n) is 2.98. The molecule has 0 radical (unpaired) electrons. The van der Waals surface area contributed by atoms with Crippen molar-refractivity contribution in [2.24, 2.45) is 5.73 Å². The van der Waals surface area contributed by atoms with E-state index in [1.54, 1.807) is 0 Å². The van der Waals surface area contributed by atoms with Gasteiger partial charge in [-0.05, 0) is 37.0 Å². The molecule has 0 bridgehead atoms. The van der Waals surface area contributed by atoms with Crippen LogP contribution in [0, 0.1) is 0 Å². The first-order chi connectivity index (χ1) is 8.77. The molecule has 96 valence electrons. The minimum absolute atomic E-state index is 0.00853. The van der Waals surface area contributed by atoms with E-state index in [0.29, 0.717) is 6.54 Å². The Hall–Kier alpha value is -1.35. The molecule has 1 heterocycles. The van der Waals surface area contributed by atoms with E-state index in [-0.39, 0.29) is 5.41 Å². The van der Waals surface area contributed by atoms with Crippen LogP contribution in [0.2, 0.25) is 0 Å². The quantitative estimate of drug-likeness (QED) is 0.902. The molecule has 0 atom stereocenters. The van der Waals surface area contributed by atoms with Crippen molar-refractivity contribution in [3.05, 3.63) is 29.7 Å². The largest absolute Gasteiger partial charge is 0.440 e. The van der Waals surface area contributed by atoms with Crippen LogP contribution in [0.25, 0.3) is 11.1 Å². The number of nitrogens with two attached hydrogens (primary N) is 1. The fourth-order valence-corrected chi connectivity index (χ4v) is 2.98. The molecule has 0 amide bonds. The summed E-state index contributed by atoms with van der Waals surface area (Å²) in [6.07, 6.45) is 5.71. The van der Waals surface area contributed by atoms with Crippen LogP contribution in [-0.2, 0) is 11.8 Å². The summed E-state index contributed by atoms with van der Waals surface area (Å²) in [6.45, 7) is 2.79. The van der Waals surface area contributed by atoms with Gasteiger partial charge in [-0.15, -0.1) is 0 Å². The lowest BCUT2D eigenvalue weighted by molar-refractivity contribution is 0.344. The van der Waals surface area contributed by atoms with Gasteiger partial charge in [-0.1, -0.05) is 25.8 Å². The van der Waals surface area contributed by atoms with E-state index >= 15 is 0 Å². The van der Waals surface area contributed by atoms with E-state index < -0.39 is 0 Å². The minimum atomic E-state index is -0.00853. The molecule has 1 fully saturated rings. The SMILES string of the molecule is CCc1ccc2oc(C3(CN)CCCC3)nc2c1. The van der Waals surface area contributed by atoms with Gasteiger partial charge in [-0.3, -0.25) is 0 Å². The van der Waals surface area contributed by atoms with Crippen molar-refractivity contribution in [3.8, 4) is 0 Å². The third-order valence-electron chi connectivity index (χ3n) is 4.27. The average Bonchev–Trinajstić information content (AvgIpc) is 3.04. The molecule has 3 rings (SSSR count). The second-order valence-corrected chi connectivity index (χ2v) is 5.37. The first-order valence-electron chi connectivity index (χ1n) is 6.87. The van der Waals surface area contributed by atoms with Crippen LogP contribution in [0.3, 0.4) is 0 Å². The highest BCUT2D eigenvalue weighted by atomic mass is 16.3. The summed E-state index contributed by atoms with van der Waals surface area (Å²) in [5, 5.41) is 0. The number of hydrogen-bond acceptors (Lipinski definition) is 3. The van der Waals surface area contributed by atoms with Gasteiger partial charge < -0.3 is 10.2 Å². The van der Waals surface area contributed by atoms with E-state index in [1.807, 2.05) is 6.07 Å². The predicted octanol–water partition coefficient (Wildman–Crippen LogP) is 3.16. The Balaban J connectivity index is 2.07. The highest BCUT2D eigenvalue weighted by Crippen LogP contribution is 2.40. The van der Waals surface area contributed by atoms with Gasteiger partial charge in [-0.25, -0.2) is 4.98 Å². The maximum Gasteiger partial charge on any atom is 0.202 e. The van der Waals surface area contributed by atoms with E-state index in [1.165, 1.54) is 18.4 Å². The molecule has 2 N–H and O–H groups in total. The predicted molar refractivity (Wildman–Crippen MR) is 72.6 cm³/mol. The number of fused-ring (bicyclic) bond motifs is 1. The third-order valence-corrected chi connectivity index (χ3v) is 4.27. The number of oxazole rings is 1. The molecule has 3 heteroatoms. The molecule has 0 saturated heterocycles. The summed E-state index contributed by atoms with van der Waals surface area (Å²) in [5.74, 6) is 0.853. The molecular weight excluding hydrogens is 224 g/mol. The standard InChI is InChI=1S/C15H20N2O/c1-2-11-5-6-13-12(9-11)17-14(18-13)15(10-16)7-3-4-8-15/h5-6,9H,2-4,7-8,10,16H2,1H3. The van der Waals surface area contributed by atoms with Crippen molar-refractivity contribution < 1.29 is 4.42 Å². The summed E-state index contributed by atoms with van der Waals surface area (Å²) >= 11 is 0. The van der Waals surface area contributed by atoms with E-state index in [2.05, 4.69) is 19.1 Å². The smallest absolute Gasteiger partial charge is 0.202 e. The van der Waals surface area contributed by atoms with Gasteiger partial charge >= 0.3 is 0 Å². The second kappa shape index (κ2) is 4.39. The van der Waals surface area contributed by atoms with E-state index in [4.69, 9.17) is 15.1 Å². The molecule has 0 spiro atoms. The molecule has 2 aromatic rings. The molecule has 3 nitrogen and oxygen atoms in total. The van der Waals surface area contributed by atoms with Crippen molar-refractivity contribution in [1.82, 2.24) is 4.98 Å². The van der Waals surface area contributed by atoms with Crippen molar-refractivity contribution in [2.45, 2.75) is 44.4 Å². The second-order valence-electron chi connectivity index (χ2n) is 5.37. The fraction of sp³-hybridized carbons (Fsp3) is 0.533. The molecule has 1 aromatic heterocycles. The number of aromatic nitrogens is 1. The Labute approximate surface area is 107 Å². The van der Waals surface area contributed by atoms with Crippen LogP contribution >= 0.6 is 0 Å². The number of nitrogens with zero attached hydrogens (tertiary/aromatic N) is 1. The van der Waals surface area contributed by atoms with Crippen LogP contribution in [-0.4, -0.2) is 11.5 Å². The highest BCUT2D eigenvalue weighted by Gasteiger charge is 2.38. The summed E-state index contributed by atoms with van der Waals surface area (Å²) < 4.78 is 5.95. The molecule has 1 aliphatic carbocycles. The van der Waals surface area contributed by atoms with Crippen molar-refractivity contribution in [3.63, 3.8) is 0 Å². The van der Waals surface area contributed by atoms with Crippen LogP contribution in [0.4, 0.5) is 0 Å². The molecule has 1 aliphatic rings. The van der Waals surface area contributed by atoms with Crippen LogP contribution in [0.5, 0.6) is 0 Å². The lowest BCUT2D eigenvalue weighted by Gasteiger charge is -2.22. The Morgan fingerprint density at radius 2 is 2.11 bits per heavy atom. The van der Waals surface area contributed by atoms with Gasteiger partial charge in [0.05, 0.1) is 5.41 Å². The maximum absolute atomic E-state index is 5.98. The normalized spacial score (nSPS) is 18.6. The van der Waals surface area contributed by atoms with Crippen molar-refractivity contribution in [1.29, 1.82) is 0 Å². The minimum Gasteiger partial charge on any atom is -0.440 e. The zero-order chi connectivity index (χ0) is 12.6. The van der Waals surface area contributed by atoms with Gasteiger partial charge in [0.2, 0.25) is 5.89 Å². The lowest BCUT2D eigenvalue weighted by Crippen LogP contribution is -2.32. The van der Waals surface area contributed by atoms with E-state index in [9.17, 15) is 0 Å². The number of rotatable bonds is 3. The monoisotopic (exact) mass is 244 g/mol. The van der Waals surface area contributed by atoms with Gasteiger partial charge in [0, 0.05) is 6.54 Å². The highest BCUT2D eigenvalue weighted by molar-refractivity contribution is 5.73. The lowest BCUT2D eigenvalue weighted by atomic mass is 9.86. The Kier molecular flexibility index (Phi) is 2.86. The molecule has 18 heavy (non-hydrogen) atoms. The van der Waals surface area contributed by atoms with E-state index in [0.717, 1.165) is 36.3 Å². The number of aryl methyl sites for hydroxylation is 1. The first kappa shape index (κ1) is 11.7. The summed E-state index contributed by atoms with van der Waals surface area (Å²) in [7, 11) is 0. The Bertz CT molecular complexity index is 553. The molecule has 0 aliphatic heterocycles. The van der Waals surface area contributed by atoms with Crippen LogP contribution < -0.4 is 5.73 Å². The van der Waals surface area contributed by atoms with Crippen LogP contribution in [0.1, 0.15) is 44.1 Å². The van der Waals surface area contributed by atoms with Gasteiger partial charge in [0.1, 0.15) is 5.52 Å². The summed E-state index contributed by atoms with van der Waals surface area (Å²) in [6, 6.07) is 6.27. The summed E-state index contributed by atoms with van der Waals surface area (Å²) in [4.78, 5) is 4.70. The van der Waals surface area contributed by atoms with Crippen molar-refractivity contribution in [2.75, 3.05) is 6.54 Å². The van der Waals surface area contributed by atoms with Gasteiger partial charge in [0.15, 0.2) is 5.58 Å². The van der Waals surface area contributed by atoms with Crippen LogP contribution in [0.15, 0.2) is 22.6 Å².